The molecule has 0 radical (unpaired) electrons. The predicted octanol–water partition coefficient (Wildman–Crippen LogP) is 0.816. The van der Waals surface area contributed by atoms with Crippen molar-refractivity contribution < 1.29 is 19.7 Å². The summed E-state index contributed by atoms with van der Waals surface area (Å²) in [7, 11) is 0. The quantitative estimate of drug-likeness (QED) is 0.528. The Balaban J connectivity index is 2.03. The Morgan fingerprint density at radius 3 is 2.75 bits per heavy atom. The highest BCUT2D eigenvalue weighted by atomic mass is 35.5. The molecule has 0 aromatic heterocycles. The van der Waals surface area contributed by atoms with Crippen LogP contribution in [0.2, 0.25) is 5.02 Å². The van der Waals surface area contributed by atoms with Crippen LogP contribution in [0.4, 0.5) is 0 Å². The zero-order valence-corrected chi connectivity index (χ0v) is 12.2. The lowest BCUT2D eigenvalue weighted by atomic mass is 10.2. The van der Waals surface area contributed by atoms with E-state index in [1.807, 2.05) is 24.3 Å². The SMILES string of the molecule is OCCOCCNCC(O)COCc1ccccc1Cl. The molecule has 0 saturated heterocycles. The fourth-order valence-corrected chi connectivity index (χ4v) is 1.75. The molecule has 6 heteroatoms. The van der Waals surface area contributed by atoms with Crippen LogP contribution in [0, 0.1) is 0 Å². The van der Waals surface area contributed by atoms with E-state index in [1.165, 1.54) is 0 Å². The van der Waals surface area contributed by atoms with Gasteiger partial charge in [0.2, 0.25) is 0 Å². The van der Waals surface area contributed by atoms with Crippen molar-refractivity contribution in [3.05, 3.63) is 34.9 Å². The summed E-state index contributed by atoms with van der Waals surface area (Å²) in [6.45, 7) is 2.57. The first-order valence-corrected chi connectivity index (χ1v) is 7.00. The van der Waals surface area contributed by atoms with Gasteiger partial charge in [0.25, 0.3) is 0 Å². The third-order valence-corrected chi connectivity index (χ3v) is 2.93. The first-order valence-electron chi connectivity index (χ1n) is 6.62. The molecule has 0 aliphatic carbocycles. The van der Waals surface area contributed by atoms with Crippen LogP contribution < -0.4 is 5.32 Å². The minimum Gasteiger partial charge on any atom is -0.394 e. The van der Waals surface area contributed by atoms with E-state index < -0.39 is 6.10 Å². The fraction of sp³-hybridized carbons (Fsp3) is 0.571. The second-order valence-electron chi connectivity index (χ2n) is 4.30. The van der Waals surface area contributed by atoms with E-state index in [4.69, 9.17) is 26.2 Å². The molecule has 0 bridgehead atoms. The topological polar surface area (TPSA) is 71.0 Å². The molecular formula is C14H22ClNO4. The fourth-order valence-electron chi connectivity index (χ4n) is 1.56. The number of ether oxygens (including phenoxy) is 2. The van der Waals surface area contributed by atoms with E-state index >= 15 is 0 Å². The number of rotatable bonds is 11. The predicted molar refractivity (Wildman–Crippen MR) is 77.9 cm³/mol. The molecule has 5 nitrogen and oxygen atoms in total. The van der Waals surface area contributed by atoms with Gasteiger partial charge in [0.15, 0.2) is 0 Å². The summed E-state index contributed by atoms with van der Waals surface area (Å²) in [6.07, 6.45) is -0.574. The van der Waals surface area contributed by atoms with E-state index in [-0.39, 0.29) is 13.2 Å². The van der Waals surface area contributed by atoms with E-state index in [0.717, 1.165) is 5.56 Å². The van der Waals surface area contributed by atoms with Gasteiger partial charge in [-0.15, -0.1) is 0 Å². The maximum absolute atomic E-state index is 9.70. The standard InChI is InChI=1S/C14H22ClNO4/c15-14-4-2-1-3-12(14)10-20-11-13(18)9-16-5-7-19-8-6-17/h1-4,13,16-18H,5-11H2. The summed E-state index contributed by atoms with van der Waals surface area (Å²) in [6, 6.07) is 7.47. The number of aliphatic hydroxyl groups is 2. The molecule has 0 saturated carbocycles. The summed E-state index contributed by atoms with van der Waals surface area (Å²) in [5.41, 5.74) is 0.909. The molecule has 0 aliphatic heterocycles. The molecule has 0 aliphatic rings. The van der Waals surface area contributed by atoms with Crippen molar-refractivity contribution in [1.82, 2.24) is 5.32 Å². The molecule has 0 spiro atoms. The monoisotopic (exact) mass is 303 g/mol. The van der Waals surface area contributed by atoms with Crippen molar-refractivity contribution in [3.8, 4) is 0 Å². The maximum Gasteiger partial charge on any atom is 0.0897 e. The van der Waals surface area contributed by atoms with Crippen molar-refractivity contribution in [2.24, 2.45) is 0 Å². The van der Waals surface area contributed by atoms with Gasteiger partial charge < -0.3 is 25.0 Å². The highest BCUT2D eigenvalue weighted by Crippen LogP contribution is 2.15. The van der Waals surface area contributed by atoms with Crippen LogP contribution in [-0.4, -0.2) is 55.8 Å². The van der Waals surface area contributed by atoms with Crippen molar-refractivity contribution in [2.45, 2.75) is 12.7 Å². The molecule has 1 rings (SSSR count). The minimum atomic E-state index is -0.574. The molecule has 20 heavy (non-hydrogen) atoms. The van der Waals surface area contributed by atoms with Crippen molar-refractivity contribution in [2.75, 3.05) is 39.5 Å². The average molecular weight is 304 g/mol. The van der Waals surface area contributed by atoms with Gasteiger partial charge in [0, 0.05) is 18.1 Å². The normalized spacial score (nSPS) is 12.6. The molecule has 0 heterocycles. The van der Waals surface area contributed by atoms with Crippen molar-refractivity contribution >= 4 is 11.6 Å². The van der Waals surface area contributed by atoms with Crippen LogP contribution >= 0.6 is 11.6 Å². The van der Waals surface area contributed by atoms with E-state index in [9.17, 15) is 5.11 Å². The molecule has 3 N–H and O–H groups in total. The van der Waals surface area contributed by atoms with Crippen LogP contribution in [-0.2, 0) is 16.1 Å². The summed E-state index contributed by atoms with van der Waals surface area (Å²) >= 11 is 6.00. The number of halogens is 1. The van der Waals surface area contributed by atoms with Gasteiger partial charge in [-0.2, -0.15) is 0 Å². The molecule has 114 valence electrons. The molecule has 1 unspecified atom stereocenters. The zero-order chi connectivity index (χ0) is 14.6. The highest BCUT2D eigenvalue weighted by molar-refractivity contribution is 6.31. The number of nitrogens with one attached hydrogen (secondary N) is 1. The maximum atomic E-state index is 9.70. The van der Waals surface area contributed by atoms with Gasteiger partial charge in [-0.05, 0) is 11.6 Å². The van der Waals surface area contributed by atoms with Gasteiger partial charge in [-0.25, -0.2) is 0 Å². The number of benzene rings is 1. The second kappa shape index (κ2) is 11.0. The molecule has 1 atom stereocenters. The van der Waals surface area contributed by atoms with E-state index in [2.05, 4.69) is 5.32 Å². The number of hydrogen-bond donors (Lipinski definition) is 3. The molecular weight excluding hydrogens is 282 g/mol. The highest BCUT2D eigenvalue weighted by Gasteiger charge is 2.05. The summed E-state index contributed by atoms with van der Waals surface area (Å²) in [5.74, 6) is 0. The van der Waals surface area contributed by atoms with Gasteiger partial charge >= 0.3 is 0 Å². The van der Waals surface area contributed by atoms with Crippen LogP contribution in [0.1, 0.15) is 5.56 Å². The van der Waals surface area contributed by atoms with Gasteiger partial charge in [0.1, 0.15) is 0 Å². The molecule has 0 fully saturated rings. The summed E-state index contributed by atoms with van der Waals surface area (Å²) in [4.78, 5) is 0. The zero-order valence-electron chi connectivity index (χ0n) is 11.4. The van der Waals surface area contributed by atoms with Crippen molar-refractivity contribution in [3.63, 3.8) is 0 Å². The lowest BCUT2D eigenvalue weighted by Crippen LogP contribution is -2.32. The third kappa shape index (κ3) is 7.79. The molecule has 0 amide bonds. The van der Waals surface area contributed by atoms with E-state index in [1.54, 1.807) is 0 Å². The first kappa shape index (κ1) is 17.4. The number of aliphatic hydroxyl groups excluding tert-OH is 2. The van der Waals surface area contributed by atoms with Gasteiger partial charge in [0.05, 0.1) is 39.1 Å². The Bertz CT molecular complexity index is 365. The average Bonchev–Trinajstić information content (AvgIpc) is 2.45. The Kier molecular flexibility index (Phi) is 9.57. The smallest absolute Gasteiger partial charge is 0.0897 e. The Hall–Kier alpha value is -0.690. The molecule has 1 aromatic carbocycles. The first-order chi connectivity index (χ1) is 9.74. The Morgan fingerprint density at radius 2 is 2.00 bits per heavy atom. The minimum absolute atomic E-state index is 0.0263. The van der Waals surface area contributed by atoms with E-state index in [0.29, 0.717) is 37.9 Å². The lowest BCUT2D eigenvalue weighted by Gasteiger charge is -2.13. The van der Waals surface area contributed by atoms with Crippen molar-refractivity contribution in [1.29, 1.82) is 0 Å². The van der Waals surface area contributed by atoms with Crippen LogP contribution in [0.5, 0.6) is 0 Å². The van der Waals surface area contributed by atoms with Crippen LogP contribution in [0.25, 0.3) is 0 Å². The second-order valence-corrected chi connectivity index (χ2v) is 4.71. The van der Waals surface area contributed by atoms with Gasteiger partial charge in [-0.1, -0.05) is 29.8 Å². The summed E-state index contributed by atoms with van der Waals surface area (Å²) in [5, 5.41) is 21.9. The molecule has 1 aromatic rings. The number of hydrogen-bond acceptors (Lipinski definition) is 5. The largest absolute Gasteiger partial charge is 0.394 e. The Morgan fingerprint density at radius 1 is 1.20 bits per heavy atom. The van der Waals surface area contributed by atoms with Crippen LogP contribution in [0.3, 0.4) is 0 Å². The third-order valence-electron chi connectivity index (χ3n) is 2.56. The van der Waals surface area contributed by atoms with Crippen LogP contribution in [0.15, 0.2) is 24.3 Å². The summed E-state index contributed by atoms with van der Waals surface area (Å²) < 4.78 is 10.5. The lowest BCUT2D eigenvalue weighted by molar-refractivity contribution is 0.0273. The Labute approximate surface area is 124 Å². The van der Waals surface area contributed by atoms with Gasteiger partial charge in [-0.3, -0.25) is 0 Å².